The van der Waals surface area contributed by atoms with E-state index < -0.39 is 0 Å². The Morgan fingerprint density at radius 1 is 1.47 bits per heavy atom. The van der Waals surface area contributed by atoms with Gasteiger partial charge in [0.2, 0.25) is 0 Å². The molecule has 0 bridgehead atoms. The summed E-state index contributed by atoms with van der Waals surface area (Å²) in [4.78, 5) is 6.97. The van der Waals surface area contributed by atoms with Crippen LogP contribution in [0.25, 0.3) is 0 Å². The van der Waals surface area contributed by atoms with Gasteiger partial charge in [-0.2, -0.15) is 0 Å². The van der Waals surface area contributed by atoms with Crippen LogP contribution in [-0.2, 0) is 6.54 Å². The smallest absolute Gasteiger partial charge is 0.0544 e. The van der Waals surface area contributed by atoms with Gasteiger partial charge in [-0.05, 0) is 32.4 Å². The molecular formula is C14H23N3. The third-order valence-corrected chi connectivity index (χ3v) is 3.69. The van der Waals surface area contributed by atoms with Crippen LogP contribution in [0.1, 0.15) is 32.9 Å². The summed E-state index contributed by atoms with van der Waals surface area (Å²) in [5.41, 5.74) is 1.38. The Bertz CT molecular complexity index is 348. The maximum Gasteiger partial charge on any atom is 0.0544 e. The van der Waals surface area contributed by atoms with Crippen molar-refractivity contribution < 1.29 is 0 Å². The standard InChI is InChI=1S/C14H23N3/c1-4-12-9-17(14(2,3)11-16-12)10-13-7-5-6-8-15-13/h5-8,12,16H,4,9-11H2,1-3H3. The Labute approximate surface area is 104 Å². The van der Waals surface area contributed by atoms with Gasteiger partial charge >= 0.3 is 0 Å². The molecule has 0 aliphatic carbocycles. The lowest BCUT2D eigenvalue weighted by Gasteiger charge is -2.46. The van der Waals surface area contributed by atoms with Crippen molar-refractivity contribution >= 4 is 0 Å². The van der Waals surface area contributed by atoms with Crippen molar-refractivity contribution in [1.29, 1.82) is 0 Å². The zero-order valence-corrected chi connectivity index (χ0v) is 11.1. The predicted molar refractivity (Wildman–Crippen MR) is 70.8 cm³/mol. The van der Waals surface area contributed by atoms with Gasteiger partial charge < -0.3 is 5.32 Å². The van der Waals surface area contributed by atoms with Crippen molar-refractivity contribution in [2.75, 3.05) is 13.1 Å². The number of nitrogens with one attached hydrogen (secondary N) is 1. The Kier molecular flexibility index (Phi) is 3.79. The topological polar surface area (TPSA) is 28.2 Å². The zero-order valence-electron chi connectivity index (χ0n) is 11.1. The molecule has 1 N–H and O–H groups in total. The molecule has 0 spiro atoms. The zero-order chi connectivity index (χ0) is 12.3. The second kappa shape index (κ2) is 5.15. The van der Waals surface area contributed by atoms with E-state index in [1.54, 1.807) is 0 Å². The van der Waals surface area contributed by atoms with Gasteiger partial charge in [0.1, 0.15) is 0 Å². The van der Waals surface area contributed by atoms with Crippen LogP contribution in [0.2, 0.25) is 0 Å². The van der Waals surface area contributed by atoms with Crippen LogP contribution in [0.4, 0.5) is 0 Å². The van der Waals surface area contributed by atoms with E-state index in [-0.39, 0.29) is 5.54 Å². The Morgan fingerprint density at radius 2 is 2.29 bits per heavy atom. The summed E-state index contributed by atoms with van der Waals surface area (Å²) in [5, 5.41) is 3.61. The fourth-order valence-corrected chi connectivity index (χ4v) is 2.32. The molecule has 2 heterocycles. The summed E-state index contributed by atoms with van der Waals surface area (Å²) in [6.45, 7) is 9.96. The van der Waals surface area contributed by atoms with Crippen LogP contribution < -0.4 is 5.32 Å². The van der Waals surface area contributed by atoms with Crippen molar-refractivity contribution in [2.24, 2.45) is 0 Å². The van der Waals surface area contributed by atoms with Crippen molar-refractivity contribution in [2.45, 2.75) is 45.3 Å². The number of hydrogen-bond acceptors (Lipinski definition) is 3. The highest BCUT2D eigenvalue weighted by molar-refractivity contribution is 5.05. The number of aromatic nitrogens is 1. The minimum Gasteiger partial charge on any atom is -0.311 e. The molecule has 1 saturated heterocycles. The van der Waals surface area contributed by atoms with E-state index in [0.29, 0.717) is 6.04 Å². The molecule has 1 fully saturated rings. The number of nitrogens with zero attached hydrogens (tertiary/aromatic N) is 2. The van der Waals surface area contributed by atoms with Gasteiger partial charge in [0.05, 0.1) is 5.69 Å². The van der Waals surface area contributed by atoms with Crippen molar-refractivity contribution in [3.8, 4) is 0 Å². The first kappa shape index (κ1) is 12.5. The summed E-state index contributed by atoms with van der Waals surface area (Å²) >= 11 is 0. The summed E-state index contributed by atoms with van der Waals surface area (Å²) in [6.07, 6.45) is 3.07. The number of piperazine rings is 1. The van der Waals surface area contributed by atoms with Gasteiger partial charge in [-0.3, -0.25) is 9.88 Å². The Hall–Kier alpha value is -0.930. The van der Waals surface area contributed by atoms with Crippen LogP contribution in [0.15, 0.2) is 24.4 Å². The monoisotopic (exact) mass is 233 g/mol. The molecule has 1 aromatic rings. The van der Waals surface area contributed by atoms with E-state index in [1.165, 1.54) is 6.42 Å². The second-order valence-electron chi connectivity index (χ2n) is 5.50. The summed E-state index contributed by atoms with van der Waals surface area (Å²) in [7, 11) is 0. The minimum absolute atomic E-state index is 0.211. The van der Waals surface area contributed by atoms with Gasteiger partial charge in [-0.15, -0.1) is 0 Å². The summed E-state index contributed by atoms with van der Waals surface area (Å²) in [6, 6.07) is 6.77. The Balaban J connectivity index is 2.06. The van der Waals surface area contributed by atoms with Crippen LogP contribution in [-0.4, -0.2) is 34.6 Å². The van der Waals surface area contributed by atoms with Crippen LogP contribution in [0, 0.1) is 0 Å². The first-order valence-corrected chi connectivity index (χ1v) is 6.50. The SMILES string of the molecule is CCC1CN(Cc2ccccn2)C(C)(C)CN1. The third-order valence-electron chi connectivity index (χ3n) is 3.69. The summed E-state index contributed by atoms with van der Waals surface area (Å²) < 4.78 is 0. The van der Waals surface area contributed by atoms with Gasteiger partial charge in [-0.25, -0.2) is 0 Å². The van der Waals surface area contributed by atoms with Gasteiger partial charge in [0.25, 0.3) is 0 Å². The number of rotatable bonds is 3. The van der Waals surface area contributed by atoms with Gasteiger partial charge in [0, 0.05) is 37.4 Å². The first-order chi connectivity index (χ1) is 8.12. The maximum atomic E-state index is 4.43. The lowest BCUT2D eigenvalue weighted by molar-refractivity contribution is 0.0565. The molecule has 3 nitrogen and oxygen atoms in total. The van der Waals surface area contributed by atoms with E-state index in [2.05, 4.69) is 48.1 Å². The molecule has 0 saturated carbocycles. The highest BCUT2D eigenvalue weighted by Crippen LogP contribution is 2.21. The van der Waals surface area contributed by atoms with E-state index >= 15 is 0 Å². The highest BCUT2D eigenvalue weighted by Gasteiger charge is 2.33. The average Bonchev–Trinajstić information content (AvgIpc) is 2.33. The van der Waals surface area contributed by atoms with E-state index in [4.69, 9.17) is 0 Å². The minimum atomic E-state index is 0.211. The molecule has 0 radical (unpaired) electrons. The molecule has 3 heteroatoms. The molecule has 1 aliphatic heterocycles. The molecule has 1 aromatic heterocycles. The fraction of sp³-hybridized carbons (Fsp3) is 0.643. The molecule has 0 aromatic carbocycles. The molecule has 94 valence electrons. The number of pyridine rings is 1. The molecule has 17 heavy (non-hydrogen) atoms. The fourth-order valence-electron chi connectivity index (χ4n) is 2.32. The molecule has 1 unspecified atom stereocenters. The molecule has 1 aliphatic rings. The second-order valence-corrected chi connectivity index (χ2v) is 5.50. The van der Waals surface area contributed by atoms with Crippen molar-refractivity contribution in [1.82, 2.24) is 15.2 Å². The molecular weight excluding hydrogens is 210 g/mol. The largest absolute Gasteiger partial charge is 0.311 e. The van der Waals surface area contributed by atoms with E-state index in [9.17, 15) is 0 Å². The molecule has 1 atom stereocenters. The first-order valence-electron chi connectivity index (χ1n) is 6.50. The predicted octanol–water partition coefficient (Wildman–Crippen LogP) is 2.04. The molecule has 2 rings (SSSR count). The van der Waals surface area contributed by atoms with E-state index in [1.807, 2.05) is 12.3 Å². The highest BCUT2D eigenvalue weighted by atomic mass is 15.3. The van der Waals surface area contributed by atoms with Crippen LogP contribution in [0.5, 0.6) is 0 Å². The van der Waals surface area contributed by atoms with Gasteiger partial charge in [-0.1, -0.05) is 13.0 Å². The lowest BCUT2D eigenvalue weighted by Crippen LogP contribution is -2.61. The number of hydrogen-bond donors (Lipinski definition) is 1. The van der Waals surface area contributed by atoms with Crippen molar-refractivity contribution in [3.63, 3.8) is 0 Å². The summed E-state index contributed by atoms with van der Waals surface area (Å²) in [5.74, 6) is 0. The third kappa shape index (κ3) is 3.05. The normalized spacial score (nSPS) is 24.8. The van der Waals surface area contributed by atoms with Crippen LogP contribution >= 0.6 is 0 Å². The quantitative estimate of drug-likeness (QED) is 0.866. The molecule has 0 amide bonds. The Morgan fingerprint density at radius 3 is 2.94 bits per heavy atom. The maximum absolute atomic E-state index is 4.43. The van der Waals surface area contributed by atoms with Crippen LogP contribution in [0.3, 0.4) is 0 Å². The van der Waals surface area contributed by atoms with Crippen molar-refractivity contribution in [3.05, 3.63) is 30.1 Å². The van der Waals surface area contributed by atoms with E-state index in [0.717, 1.165) is 25.3 Å². The lowest BCUT2D eigenvalue weighted by atomic mass is 9.96. The van der Waals surface area contributed by atoms with Gasteiger partial charge in [0.15, 0.2) is 0 Å². The average molecular weight is 233 g/mol.